The number of benzene rings is 2. The third-order valence-corrected chi connectivity index (χ3v) is 5.53. The fourth-order valence-electron chi connectivity index (χ4n) is 3.84. The van der Waals surface area contributed by atoms with Crippen LogP contribution in [-0.4, -0.2) is 27.4 Å². The van der Waals surface area contributed by atoms with Crippen LogP contribution in [0.15, 0.2) is 83.9 Å². The SMILES string of the molecule is CC(=O)NC(Cc1c[nH]c2ccccc12)C(=O)NCc1ccc(Cn2ccccc2=O)cc1. The minimum absolute atomic E-state index is 0.0481. The normalized spacial score (nSPS) is 11.8. The maximum atomic E-state index is 12.9. The first-order valence-corrected chi connectivity index (χ1v) is 10.8. The van der Waals surface area contributed by atoms with Gasteiger partial charge in [0.05, 0.1) is 6.54 Å². The van der Waals surface area contributed by atoms with Crippen LogP contribution >= 0.6 is 0 Å². The molecule has 2 amide bonds. The maximum Gasteiger partial charge on any atom is 0.250 e. The Bertz CT molecular complexity index is 1320. The standard InChI is InChI=1S/C26H26N4O3/c1-18(31)29-24(14-21-16-27-23-7-3-2-6-22(21)23)26(33)28-15-19-9-11-20(12-10-19)17-30-13-5-4-8-25(30)32/h2-13,16,24,27H,14-15,17H2,1H3,(H,28,33)(H,29,31). The Morgan fingerprint density at radius 2 is 1.70 bits per heavy atom. The van der Waals surface area contributed by atoms with Crippen LogP contribution in [-0.2, 0) is 29.1 Å². The van der Waals surface area contributed by atoms with E-state index in [1.165, 1.54) is 13.0 Å². The predicted molar refractivity (Wildman–Crippen MR) is 128 cm³/mol. The van der Waals surface area contributed by atoms with Gasteiger partial charge >= 0.3 is 0 Å². The Morgan fingerprint density at radius 1 is 0.970 bits per heavy atom. The second-order valence-corrected chi connectivity index (χ2v) is 8.02. The van der Waals surface area contributed by atoms with Gasteiger partial charge in [0.25, 0.3) is 5.56 Å². The van der Waals surface area contributed by atoms with Crippen molar-refractivity contribution in [3.05, 3.63) is 106 Å². The third kappa shape index (κ3) is 5.57. The van der Waals surface area contributed by atoms with Gasteiger partial charge in [0.2, 0.25) is 11.8 Å². The van der Waals surface area contributed by atoms with Gasteiger partial charge in [0, 0.05) is 49.3 Å². The highest BCUT2D eigenvalue weighted by Gasteiger charge is 2.21. The monoisotopic (exact) mass is 442 g/mol. The molecule has 168 valence electrons. The van der Waals surface area contributed by atoms with E-state index in [4.69, 9.17) is 0 Å². The summed E-state index contributed by atoms with van der Waals surface area (Å²) in [5.74, 6) is -0.495. The summed E-state index contributed by atoms with van der Waals surface area (Å²) in [5, 5.41) is 6.72. The number of aromatic amines is 1. The molecule has 4 rings (SSSR count). The summed E-state index contributed by atoms with van der Waals surface area (Å²) in [5.41, 5.74) is 3.84. The number of fused-ring (bicyclic) bond motifs is 1. The van der Waals surface area contributed by atoms with Crippen molar-refractivity contribution in [1.29, 1.82) is 0 Å². The molecule has 2 aromatic carbocycles. The van der Waals surface area contributed by atoms with Crippen molar-refractivity contribution in [2.75, 3.05) is 0 Å². The van der Waals surface area contributed by atoms with Crippen LogP contribution in [0.5, 0.6) is 0 Å². The molecule has 4 aromatic rings. The van der Waals surface area contributed by atoms with Crippen molar-refractivity contribution < 1.29 is 9.59 Å². The van der Waals surface area contributed by atoms with Crippen LogP contribution in [0.3, 0.4) is 0 Å². The molecule has 7 heteroatoms. The molecule has 0 spiro atoms. The minimum Gasteiger partial charge on any atom is -0.361 e. The number of para-hydroxylation sites is 1. The molecular weight excluding hydrogens is 416 g/mol. The average Bonchev–Trinajstić information content (AvgIpc) is 3.22. The number of H-pyrrole nitrogens is 1. The number of rotatable bonds is 8. The first kappa shape index (κ1) is 22.1. The number of hydrogen-bond donors (Lipinski definition) is 3. The van der Waals surface area contributed by atoms with Gasteiger partial charge in [0.1, 0.15) is 6.04 Å². The second-order valence-electron chi connectivity index (χ2n) is 8.02. The van der Waals surface area contributed by atoms with E-state index in [2.05, 4.69) is 15.6 Å². The van der Waals surface area contributed by atoms with Gasteiger partial charge in [-0.05, 0) is 28.8 Å². The lowest BCUT2D eigenvalue weighted by molar-refractivity contribution is -0.128. The molecule has 1 atom stereocenters. The van der Waals surface area contributed by atoms with E-state index in [0.29, 0.717) is 19.5 Å². The summed E-state index contributed by atoms with van der Waals surface area (Å²) in [4.78, 5) is 39.7. The van der Waals surface area contributed by atoms with Crippen molar-refractivity contribution in [3.8, 4) is 0 Å². The summed E-state index contributed by atoms with van der Waals surface area (Å²) in [6.45, 7) is 2.24. The predicted octanol–water partition coefficient (Wildman–Crippen LogP) is 2.74. The highest BCUT2D eigenvalue weighted by Crippen LogP contribution is 2.19. The molecule has 0 fully saturated rings. The fraction of sp³-hybridized carbons (Fsp3) is 0.192. The molecule has 0 saturated heterocycles. The Kier molecular flexibility index (Phi) is 6.69. The van der Waals surface area contributed by atoms with Crippen LogP contribution < -0.4 is 16.2 Å². The van der Waals surface area contributed by atoms with Crippen molar-refractivity contribution in [2.45, 2.75) is 32.5 Å². The van der Waals surface area contributed by atoms with Gasteiger partial charge in [-0.3, -0.25) is 14.4 Å². The quantitative estimate of drug-likeness (QED) is 0.392. The molecule has 0 aliphatic heterocycles. The smallest absolute Gasteiger partial charge is 0.250 e. The lowest BCUT2D eigenvalue weighted by Gasteiger charge is -2.17. The van der Waals surface area contributed by atoms with Crippen molar-refractivity contribution >= 4 is 22.7 Å². The lowest BCUT2D eigenvalue weighted by atomic mass is 10.0. The number of amides is 2. The zero-order valence-corrected chi connectivity index (χ0v) is 18.4. The zero-order valence-electron chi connectivity index (χ0n) is 18.4. The maximum absolute atomic E-state index is 12.9. The molecule has 0 radical (unpaired) electrons. The van der Waals surface area contributed by atoms with Gasteiger partial charge in [-0.25, -0.2) is 0 Å². The molecule has 7 nitrogen and oxygen atoms in total. The van der Waals surface area contributed by atoms with Crippen molar-refractivity contribution in [2.24, 2.45) is 0 Å². The Balaban J connectivity index is 1.39. The molecule has 2 aromatic heterocycles. The van der Waals surface area contributed by atoms with Crippen molar-refractivity contribution in [3.63, 3.8) is 0 Å². The number of pyridine rings is 1. The Labute approximate surface area is 191 Å². The van der Waals surface area contributed by atoms with Crippen LogP contribution in [0.25, 0.3) is 10.9 Å². The van der Waals surface area contributed by atoms with Gasteiger partial charge in [-0.15, -0.1) is 0 Å². The molecule has 3 N–H and O–H groups in total. The zero-order chi connectivity index (χ0) is 23.2. The van der Waals surface area contributed by atoms with E-state index in [-0.39, 0.29) is 17.4 Å². The summed E-state index contributed by atoms with van der Waals surface area (Å²) >= 11 is 0. The van der Waals surface area contributed by atoms with E-state index in [1.807, 2.05) is 60.8 Å². The van der Waals surface area contributed by atoms with E-state index in [1.54, 1.807) is 16.8 Å². The Morgan fingerprint density at radius 3 is 2.45 bits per heavy atom. The Hall–Kier alpha value is -4.13. The van der Waals surface area contributed by atoms with Gasteiger partial charge in [-0.1, -0.05) is 48.5 Å². The van der Waals surface area contributed by atoms with Crippen LogP contribution in [0, 0.1) is 0 Å². The molecule has 0 bridgehead atoms. The highest BCUT2D eigenvalue weighted by molar-refractivity contribution is 5.89. The van der Waals surface area contributed by atoms with Crippen LogP contribution in [0.1, 0.15) is 23.6 Å². The number of nitrogens with zero attached hydrogens (tertiary/aromatic N) is 1. The van der Waals surface area contributed by atoms with E-state index in [0.717, 1.165) is 27.6 Å². The number of hydrogen-bond acceptors (Lipinski definition) is 3. The van der Waals surface area contributed by atoms with Crippen LogP contribution in [0.4, 0.5) is 0 Å². The first-order valence-electron chi connectivity index (χ1n) is 10.8. The van der Waals surface area contributed by atoms with Gasteiger partial charge < -0.3 is 20.2 Å². The van der Waals surface area contributed by atoms with E-state index in [9.17, 15) is 14.4 Å². The van der Waals surface area contributed by atoms with Crippen LogP contribution in [0.2, 0.25) is 0 Å². The summed E-state index contributed by atoms with van der Waals surface area (Å²) in [6, 6.07) is 20.0. The highest BCUT2D eigenvalue weighted by atomic mass is 16.2. The topological polar surface area (TPSA) is 96.0 Å². The number of carbonyl (C=O) groups excluding carboxylic acids is 2. The largest absolute Gasteiger partial charge is 0.361 e. The summed E-state index contributed by atoms with van der Waals surface area (Å²) in [7, 11) is 0. The molecule has 0 aliphatic carbocycles. The van der Waals surface area contributed by atoms with E-state index >= 15 is 0 Å². The lowest BCUT2D eigenvalue weighted by Crippen LogP contribution is -2.47. The minimum atomic E-state index is -0.675. The second kappa shape index (κ2) is 9.99. The third-order valence-electron chi connectivity index (χ3n) is 5.53. The number of nitrogens with one attached hydrogen (secondary N) is 3. The number of carbonyl (C=O) groups is 2. The molecule has 0 saturated carbocycles. The van der Waals surface area contributed by atoms with Crippen molar-refractivity contribution in [1.82, 2.24) is 20.2 Å². The fourth-order valence-corrected chi connectivity index (χ4v) is 3.84. The summed E-state index contributed by atoms with van der Waals surface area (Å²) < 4.78 is 1.64. The molecule has 33 heavy (non-hydrogen) atoms. The number of aromatic nitrogens is 2. The average molecular weight is 443 g/mol. The van der Waals surface area contributed by atoms with Gasteiger partial charge in [-0.2, -0.15) is 0 Å². The molecular formula is C26H26N4O3. The summed E-state index contributed by atoms with van der Waals surface area (Å²) in [6.07, 6.45) is 4.02. The molecule has 2 heterocycles. The van der Waals surface area contributed by atoms with Gasteiger partial charge in [0.15, 0.2) is 0 Å². The van der Waals surface area contributed by atoms with E-state index < -0.39 is 6.04 Å². The first-order chi connectivity index (χ1) is 16.0. The molecule has 1 unspecified atom stereocenters. The molecule has 0 aliphatic rings.